The summed E-state index contributed by atoms with van der Waals surface area (Å²) in [7, 11) is 0. The molecule has 1 saturated heterocycles. The molecule has 18 heavy (non-hydrogen) atoms. The van der Waals surface area contributed by atoms with Crippen LogP contribution in [0.5, 0.6) is 0 Å². The van der Waals surface area contributed by atoms with Gasteiger partial charge in [-0.15, -0.1) is 0 Å². The molecule has 0 aromatic heterocycles. The van der Waals surface area contributed by atoms with Crippen LogP contribution < -0.4 is 4.90 Å². The van der Waals surface area contributed by atoms with Crippen LogP contribution in [0.1, 0.15) is 18.1 Å². The van der Waals surface area contributed by atoms with Crippen LogP contribution in [0.15, 0.2) is 18.2 Å². The van der Waals surface area contributed by atoms with Gasteiger partial charge in [-0.2, -0.15) is 0 Å². The van der Waals surface area contributed by atoms with E-state index in [1.54, 1.807) is 0 Å². The van der Waals surface area contributed by atoms with Gasteiger partial charge in [-0.05, 0) is 38.0 Å². The highest BCUT2D eigenvalue weighted by Crippen LogP contribution is 2.23. The molecule has 1 heterocycles. The van der Waals surface area contributed by atoms with Gasteiger partial charge in [-0.25, -0.2) is 0 Å². The zero-order chi connectivity index (χ0) is 13.1. The predicted octanol–water partition coefficient (Wildman–Crippen LogP) is 1.81. The van der Waals surface area contributed by atoms with E-state index in [1.807, 2.05) is 6.92 Å². The molecule has 3 heteroatoms. The number of β-amino-alcohol motifs (C(OH)–C–C–N with tert-alkyl or cyclic N) is 1. The number of aliphatic hydroxyl groups is 1. The molecule has 1 atom stereocenters. The van der Waals surface area contributed by atoms with Crippen molar-refractivity contribution in [3.63, 3.8) is 0 Å². The van der Waals surface area contributed by atoms with Crippen molar-refractivity contribution in [2.45, 2.75) is 26.9 Å². The third-order valence-corrected chi connectivity index (χ3v) is 3.81. The first-order chi connectivity index (χ1) is 8.58. The van der Waals surface area contributed by atoms with Gasteiger partial charge in [0.05, 0.1) is 6.10 Å². The Morgan fingerprint density at radius 3 is 2.44 bits per heavy atom. The molecule has 0 unspecified atom stereocenters. The summed E-state index contributed by atoms with van der Waals surface area (Å²) in [6, 6.07) is 6.52. The summed E-state index contributed by atoms with van der Waals surface area (Å²) in [5.74, 6) is 0. The number of piperazine rings is 1. The molecule has 1 aromatic rings. The van der Waals surface area contributed by atoms with Gasteiger partial charge in [0.25, 0.3) is 0 Å². The third kappa shape index (κ3) is 3.03. The number of rotatable bonds is 3. The first kappa shape index (κ1) is 13.4. The minimum atomic E-state index is -0.225. The van der Waals surface area contributed by atoms with E-state index in [0.717, 1.165) is 32.7 Å². The van der Waals surface area contributed by atoms with Crippen LogP contribution in [0.4, 0.5) is 5.69 Å². The van der Waals surface area contributed by atoms with Crippen LogP contribution in [0.2, 0.25) is 0 Å². The summed E-state index contributed by atoms with van der Waals surface area (Å²) >= 11 is 0. The molecule has 3 nitrogen and oxygen atoms in total. The van der Waals surface area contributed by atoms with Crippen LogP contribution in [0.3, 0.4) is 0 Å². The maximum absolute atomic E-state index is 9.41. The average molecular weight is 248 g/mol. The molecule has 0 radical (unpaired) electrons. The largest absolute Gasteiger partial charge is 0.392 e. The Bertz CT molecular complexity index is 395. The van der Waals surface area contributed by atoms with Crippen LogP contribution in [-0.2, 0) is 0 Å². The number of aryl methyl sites for hydroxylation is 1. The summed E-state index contributed by atoms with van der Waals surface area (Å²) in [6.45, 7) is 11.2. The fourth-order valence-corrected chi connectivity index (χ4v) is 2.62. The third-order valence-electron chi connectivity index (χ3n) is 3.81. The lowest BCUT2D eigenvalue weighted by Gasteiger charge is -2.37. The molecule has 0 spiro atoms. The molecule has 1 aromatic carbocycles. The Morgan fingerprint density at radius 1 is 1.17 bits per heavy atom. The van der Waals surface area contributed by atoms with Gasteiger partial charge in [0.2, 0.25) is 0 Å². The summed E-state index contributed by atoms with van der Waals surface area (Å²) in [6.07, 6.45) is -0.225. The van der Waals surface area contributed by atoms with Crippen LogP contribution in [-0.4, -0.2) is 48.8 Å². The van der Waals surface area contributed by atoms with Crippen molar-refractivity contribution in [1.82, 2.24) is 4.90 Å². The summed E-state index contributed by atoms with van der Waals surface area (Å²) in [5, 5.41) is 9.41. The van der Waals surface area contributed by atoms with Gasteiger partial charge >= 0.3 is 0 Å². The molecule has 2 rings (SSSR count). The second-order valence-corrected chi connectivity index (χ2v) is 5.36. The zero-order valence-electron chi connectivity index (χ0n) is 11.7. The van der Waals surface area contributed by atoms with Crippen molar-refractivity contribution < 1.29 is 5.11 Å². The number of nitrogens with zero attached hydrogens (tertiary/aromatic N) is 2. The van der Waals surface area contributed by atoms with Gasteiger partial charge in [0, 0.05) is 38.4 Å². The second-order valence-electron chi connectivity index (χ2n) is 5.36. The Morgan fingerprint density at radius 2 is 1.83 bits per heavy atom. The topological polar surface area (TPSA) is 26.7 Å². The minimum Gasteiger partial charge on any atom is -0.392 e. The summed E-state index contributed by atoms with van der Waals surface area (Å²) in [4.78, 5) is 4.80. The van der Waals surface area contributed by atoms with E-state index in [2.05, 4.69) is 41.8 Å². The van der Waals surface area contributed by atoms with Crippen molar-refractivity contribution in [1.29, 1.82) is 0 Å². The van der Waals surface area contributed by atoms with E-state index in [9.17, 15) is 5.11 Å². The minimum absolute atomic E-state index is 0.225. The first-order valence-electron chi connectivity index (χ1n) is 6.79. The Hall–Kier alpha value is -1.06. The van der Waals surface area contributed by atoms with Crippen molar-refractivity contribution in [3.8, 4) is 0 Å². The van der Waals surface area contributed by atoms with Crippen molar-refractivity contribution in [2.75, 3.05) is 37.6 Å². The van der Waals surface area contributed by atoms with E-state index in [4.69, 9.17) is 0 Å². The van der Waals surface area contributed by atoms with Gasteiger partial charge in [0.1, 0.15) is 0 Å². The van der Waals surface area contributed by atoms with E-state index >= 15 is 0 Å². The van der Waals surface area contributed by atoms with Gasteiger partial charge in [-0.3, -0.25) is 4.90 Å². The SMILES string of the molecule is Cc1cccc(N2CCN(C[C@@H](C)O)CC2)c1C. The van der Waals surface area contributed by atoms with Crippen molar-refractivity contribution in [2.24, 2.45) is 0 Å². The standard InChI is InChI=1S/C15H24N2O/c1-12-5-4-6-15(14(12)3)17-9-7-16(8-10-17)11-13(2)18/h4-6,13,18H,7-11H2,1-3H3/t13-/m1/s1. The maximum atomic E-state index is 9.41. The fourth-order valence-electron chi connectivity index (χ4n) is 2.62. The molecule has 1 aliphatic heterocycles. The monoisotopic (exact) mass is 248 g/mol. The normalized spacial score (nSPS) is 19.0. The Balaban J connectivity index is 1.99. The molecule has 0 aliphatic carbocycles. The second kappa shape index (κ2) is 5.72. The van der Waals surface area contributed by atoms with E-state index in [0.29, 0.717) is 0 Å². The number of anilines is 1. The highest BCUT2D eigenvalue weighted by atomic mass is 16.3. The Kier molecular flexibility index (Phi) is 4.25. The molecule has 0 amide bonds. The van der Waals surface area contributed by atoms with Crippen molar-refractivity contribution in [3.05, 3.63) is 29.3 Å². The highest BCUT2D eigenvalue weighted by Gasteiger charge is 2.19. The number of hydrogen-bond donors (Lipinski definition) is 1. The fraction of sp³-hybridized carbons (Fsp3) is 0.600. The molecule has 0 saturated carbocycles. The molecule has 0 bridgehead atoms. The molecular formula is C15H24N2O. The van der Waals surface area contributed by atoms with Gasteiger partial charge < -0.3 is 10.0 Å². The molecule has 1 fully saturated rings. The zero-order valence-corrected chi connectivity index (χ0v) is 11.7. The quantitative estimate of drug-likeness (QED) is 0.883. The lowest BCUT2D eigenvalue weighted by molar-refractivity contribution is 0.122. The van der Waals surface area contributed by atoms with E-state index in [1.165, 1.54) is 16.8 Å². The highest BCUT2D eigenvalue weighted by molar-refractivity contribution is 5.56. The molecular weight excluding hydrogens is 224 g/mol. The summed E-state index contributed by atoms with van der Waals surface area (Å²) < 4.78 is 0. The average Bonchev–Trinajstić information content (AvgIpc) is 2.33. The predicted molar refractivity (Wildman–Crippen MR) is 76.2 cm³/mol. The molecule has 1 aliphatic rings. The lowest BCUT2D eigenvalue weighted by Crippen LogP contribution is -2.48. The number of aliphatic hydroxyl groups excluding tert-OH is 1. The van der Waals surface area contributed by atoms with Crippen LogP contribution in [0, 0.1) is 13.8 Å². The lowest BCUT2D eigenvalue weighted by atomic mass is 10.1. The smallest absolute Gasteiger partial charge is 0.0639 e. The van der Waals surface area contributed by atoms with E-state index < -0.39 is 0 Å². The first-order valence-corrected chi connectivity index (χ1v) is 6.79. The van der Waals surface area contributed by atoms with E-state index in [-0.39, 0.29) is 6.10 Å². The number of benzene rings is 1. The molecule has 100 valence electrons. The Labute approximate surface area is 110 Å². The van der Waals surface area contributed by atoms with Gasteiger partial charge in [-0.1, -0.05) is 12.1 Å². The summed E-state index contributed by atoms with van der Waals surface area (Å²) in [5.41, 5.74) is 4.12. The van der Waals surface area contributed by atoms with Crippen molar-refractivity contribution >= 4 is 5.69 Å². The maximum Gasteiger partial charge on any atom is 0.0639 e. The molecule has 1 N–H and O–H groups in total. The van der Waals surface area contributed by atoms with Crippen LogP contribution in [0.25, 0.3) is 0 Å². The van der Waals surface area contributed by atoms with Crippen LogP contribution >= 0.6 is 0 Å². The van der Waals surface area contributed by atoms with Gasteiger partial charge in [0.15, 0.2) is 0 Å². The number of hydrogen-bond acceptors (Lipinski definition) is 3.